The van der Waals surface area contributed by atoms with Crippen molar-refractivity contribution >= 4 is 17.1 Å². The third-order valence-corrected chi connectivity index (χ3v) is 3.35. The van der Waals surface area contributed by atoms with Gasteiger partial charge in [-0.2, -0.15) is 10.1 Å². The summed E-state index contributed by atoms with van der Waals surface area (Å²) >= 11 is 0. The van der Waals surface area contributed by atoms with Crippen molar-refractivity contribution in [2.24, 2.45) is 0 Å². The Morgan fingerprint density at radius 2 is 2.32 bits per heavy atom. The Kier molecular flexibility index (Phi) is 2.98. The number of ether oxygens (including phenoxy) is 1. The Hall–Kier alpha value is -1.89. The van der Waals surface area contributed by atoms with Gasteiger partial charge in [0.25, 0.3) is 6.01 Å². The number of nitrogens with zero attached hydrogens (tertiary/aromatic N) is 3. The fraction of sp³-hybridized carbons (Fsp3) is 0.583. The summed E-state index contributed by atoms with van der Waals surface area (Å²) in [5.74, 6) is 0. The van der Waals surface area contributed by atoms with E-state index in [-0.39, 0.29) is 17.8 Å². The monoisotopic (exact) mass is 264 g/mol. The van der Waals surface area contributed by atoms with Gasteiger partial charge < -0.3 is 14.9 Å². The molecule has 3 heterocycles. The SMILES string of the molecule is CCc1c2oc(N)nc(=O)c2nn1C1CCCCO1. The molecule has 0 amide bonds. The molecule has 102 valence electrons. The molecule has 0 bridgehead atoms. The van der Waals surface area contributed by atoms with E-state index in [0.717, 1.165) is 25.0 Å². The number of anilines is 1. The van der Waals surface area contributed by atoms with Gasteiger partial charge in [0.15, 0.2) is 17.3 Å². The largest absolute Gasteiger partial charge is 0.421 e. The molecule has 1 unspecified atom stereocenters. The molecule has 1 atom stereocenters. The number of aryl methyl sites for hydroxylation is 1. The van der Waals surface area contributed by atoms with Gasteiger partial charge in [-0.3, -0.25) is 4.79 Å². The highest BCUT2D eigenvalue weighted by Gasteiger charge is 2.24. The van der Waals surface area contributed by atoms with Crippen LogP contribution in [0.1, 0.15) is 38.1 Å². The van der Waals surface area contributed by atoms with Crippen LogP contribution >= 0.6 is 0 Å². The zero-order valence-electron chi connectivity index (χ0n) is 10.8. The molecule has 2 aromatic rings. The van der Waals surface area contributed by atoms with Gasteiger partial charge in [-0.25, -0.2) is 4.68 Å². The van der Waals surface area contributed by atoms with Crippen molar-refractivity contribution in [2.45, 2.75) is 38.8 Å². The van der Waals surface area contributed by atoms with Gasteiger partial charge in [-0.05, 0) is 25.7 Å². The summed E-state index contributed by atoms with van der Waals surface area (Å²) in [4.78, 5) is 15.4. The average Bonchev–Trinajstić information content (AvgIpc) is 2.78. The first kappa shape index (κ1) is 12.2. The van der Waals surface area contributed by atoms with E-state index in [1.165, 1.54) is 0 Å². The summed E-state index contributed by atoms with van der Waals surface area (Å²) in [6.07, 6.45) is 3.59. The summed E-state index contributed by atoms with van der Waals surface area (Å²) in [5, 5.41) is 4.32. The first-order valence-electron chi connectivity index (χ1n) is 6.50. The molecule has 0 radical (unpaired) electrons. The Morgan fingerprint density at radius 3 is 3.00 bits per heavy atom. The van der Waals surface area contributed by atoms with Crippen LogP contribution in [0.15, 0.2) is 9.21 Å². The second-order valence-corrected chi connectivity index (χ2v) is 4.60. The Balaban J connectivity index is 2.19. The van der Waals surface area contributed by atoms with Crippen LogP contribution in [0.5, 0.6) is 0 Å². The number of hydrogen-bond acceptors (Lipinski definition) is 6. The zero-order chi connectivity index (χ0) is 13.4. The van der Waals surface area contributed by atoms with Gasteiger partial charge in [0.1, 0.15) is 0 Å². The standard InChI is InChI=1S/C12H16N4O3/c1-2-7-10-9(11(17)14-12(13)19-10)15-16(7)8-5-3-4-6-18-8/h8H,2-6H2,1H3,(H2,13,14,17). The molecule has 1 saturated heterocycles. The number of nitrogen functional groups attached to an aromatic ring is 1. The normalized spacial score (nSPS) is 19.9. The number of rotatable bonds is 2. The lowest BCUT2D eigenvalue weighted by Crippen LogP contribution is -2.21. The molecule has 0 spiro atoms. The fourth-order valence-corrected chi connectivity index (χ4v) is 2.46. The zero-order valence-corrected chi connectivity index (χ0v) is 10.8. The molecule has 7 heteroatoms. The van der Waals surface area contributed by atoms with E-state index in [1.54, 1.807) is 4.68 Å². The first-order chi connectivity index (χ1) is 9.20. The minimum Gasteiger partial charge on any atom is -0.421 e. The van der Waals surface area contributed by atoms with Crippen molar-refractivity contribution in [1.82, 2.24) is 14.8 Å². The summed E-state index contributed by atoms with van der Waals surface area (Å²) in [6, 6.07) is -0.128. The molecule has 2 N–H and O–H groups in total. The maximum absolute atomic E-state index is 11.8. The van der Waals surface area contributed by atoms with Gasteiger partial charge in [0, 0.05) is 6.61 Å². The van der Waals surface area contributed by atoms with Crippen molar-refractivity contribution in [3.8, 4) is 0 Å². The molecule has 1 aliphatic rings. The summed E-state index contributed by atoms with van der Waals surface area (Å²) in [5.41, 5.74) is 6.51. The lowest BCUT2D eigenvalue weighted by Gasteiger charge is -2.24. The summed E-state index contributed by atoms with van der Waals surface area (Å²) < 4.78 is 12.8. The highest BCUT2D eigenvalue weighted by Crippen LogP contribution is 2.27. The van der Waals surface area contributed by atoms with E-state index in [0.29, 0.717) is 18.6 Å². The van der Waals surface area contributed by atoms with Crippen LogP contribution in [0.2, 0.25) is 0 Å². The second-order valence-electron chi connectivity index (χ2n) is 4.60. The quantitative estimate of drug-likeness (QED) is 0.876. The number of fused-ring (bicyclic) bond motifs is 1. The fourth-order valence-electron chi connectivity index (χ4n) is 2.46. The van der Waals surface area contributed by atoms with Gasteiger partial charge in [0.2, 0.25) is 0 Å². The molecule has 1 aliphatic heterocycles. The van der Waals surface area contributed by atoms with Crippen molar-refractivity contribution in [2.75, 3.05) is 12.3 Å². The van der Waals surface area contributed by atoms with Gasteiger partial charge in [-0.15, -0.1) is 0 Å². The highest BCUT2D eigenvalue weighted by atomic mass is 16.5. The Morgan fingerprint density at radius 1 is 1.47 bits per heavy atom. The van der Waals surface area contributed by atoms with E-state index in [9.17, 15) is 4.79 Å². The Bertz CT molecular complexity index is 655. The predicted octanol–water partition coefficient (Wildman–Crippen LogP) is 1.23. The maximum Gasteiger partial charge on any atom is 0.305 e. The van der Waals surface area contributed by atoms with Gasteiger partial charge in [-0.1, -0.05) is 6.92 Å². The van der Waals surface area contributed by atoms with E-state index in [2.05, 4.69) is 10.1 Å². The molecule has 3 rings (SSSR count). The molecule has 19 heavy (non-hydrogen) atoms. The highest BCUT2D eigenvalue weighted by molar-refractivity contribution is 5.74. The topological polar surface area (TPSA) is 96.2 Å². The van der Waals surface area contributed by atoms with E-state index in [4.69, 9.17) is 14.9 Å². The first-order valence-corrected chi connectivity index (χ1v) is 6.50. The van der Waals surface area contributed by atoms with Crippen molar-refractivity contribution in [3.63, 3.8) is 0 Å². The van der Waals surface area contributed by atoms with Crippen molar-refractivity contribution in [3.05, 3.63) is 16.0 Å². The third kappa shape index (κ3) is 1.99. The summed E-state index contributed by atoms with van der Waals surface area (Å²) in [6.45, 7) is 2.69. The van der Waals surface area contributed by atoms with Crippen LogP contribution in [-0.4, -0.2) is 21.4 Å². The smallest absolute Gasteiger partial charge is 0.305 e. The van der Waals surface area contributed by atoms with Crippen LogP contribution in [0.4, 0.5) is 6.01 Å². The van der Waals surface area contributed by atoms with Crippen LogP contribution in [0.3, 0.4) is 0 Å². The van der Waals surface area contributed by atoms with Crippen molar-refractivity contribution in [1.29, 1.82) is 0 Å². The lowest BCUT2D eigenvalue weighted by molar-refractivity contribution is -0.0406. The van der Waals surface area contributed by atoms with Crippen LogP contribution < -0.4 is 11.3 Å². The number of aromatic nitrogens is 3. The number of nitrogens with two attached hydrogens (primary N) is 1. The van der Waals surface area contributed by atoms with E-state index in [1.807, 2.05) is 6.92 Å². The van der Waals surface area contributed by atoms with Crippen LogP contribution in [0.25, 0.3) is 11.1 Å². The Labute approximate surface area is 109 Å². The lowest BCUT2D eigenvalue weighted by atomic mass is 10.2. The molecule has 7 nitrogen and oxygen atoms in total. The summed E-state index contributed by atoms with van der Waals surface area (Å²) in [7, 11) is 0. The van der Waals surface area contributed by atoms with Crippen molar-refractivity contribution < 1.29 is 9.15 Å². The molecular weight excluding hydrogens is 248 g/mol. The molecular formula is C12H16N4O3. The predicted molar refractivity (Wildman–Crippen MR) is 68.7 cm³/mol. The molecule has 2 aromatic heterocycles. The van der Waals surface area contributed by atoms with Crippen LogP contribution in [-0.2, 0) is 11.2 Å². The maximum atomic E-state index is 11.8. The van der Waals surface area contributed by atoms with E-state index >= 15 is 0 Å². The van der Waals surface area contributed by atoms with Crippen LogP contribution in [0, 0.1) is 0 Å². The molecule has 1 fully saturated rings. The molecule has 0 saturated carbocycles. The number of hydrogen-bond donors (Lipinski definition) is 1. The third-order valence-electron chi connectivity index (χ3n) is 3.35. The average molecular weight is 264 g/mol. The molecule has 0 aliphatic carbocycles. The minimum absolute atomic E-state index is 0.128. The minimum atomic E-state index is -0.456. The van der Waals surface area contributed by atoms with E-state index < -0.39 is 5.56 Å². The van der Waals surface area contributed by atoms with Gasteiger partial charge >= 0.3 is 5.56 Å². The van der Waals surface area contributed by atoms with Gasteiger partial charge in [0.05, 0.1) is 5.69 Å². The molecule has 0 aromatic carbocycles. The second kappa shape index (κ2) is 4.65.